The number of benzene rings is 1. The van der Waals surface area contributed by atoms with Crippen molar-refractivity contribution >= 4 is 41.3 Å². The molecule has 2 amide bonds. The summed E-state index contributed by atoms with van der Waals surface area (Å²) in [7, 11) is 0. The minimum atomic E-state index is -0.915. The van der Waals surface area contributed by atoms with Gasteiger partial charge in [-0.3, -0.25) is 14.5 Å². The van der Waals surface area contributed by atoms with Gasteiger partial charge >= 0.3 is 5.97 Å². The maximum atomic E-state index is 12.5. The molecule has 2 heterocycles. The molecule has 0 bridgehead atoms. The highest BCUT2D eigenvalue weighted by Gasteiger charge is 2.48. The van der Waals surface area contributed by atoms with E-state index in [1.165, 1.54) is 28.4 Å². The van der Waals surface area contributed by atoms with Crippen LogP contribution in [-0.4, -0.2) is 51.4 Å². The molecule has 1 aromatic rings. The lowest BCUT2D eigenvalue weighted by molar-refractivity contribution is -0.143. The Bertz CT molecular complexity index is 620. The predicted octanol–water partition coefficient (Wildman–Crippen LogP) is 2.41. The van der Waals surface area contributed by atoms with Crippen LogP contribution in [0.25, 0.3) is 0 Å². The predicted molar refractivity (Wildman–Crippen MR) is 90.7 cm³/mol. The SMILES string of the molecule is CCOC(=O)C1(CN2C(=O)c3ccccc3C2=O)SCCCS1. The molecule has 0 saturated carbocycles. The van der Waals surface area contributed by atoms with Crippen molar-refractivity contribution < 1.29 is 19.1 Å². The first kappa shape index (κ1) is 16.4. The van der Waals surface area contributed by atoms with Gasteiger partial charge in [0.2, 0.25) is 0 Å². The monoisotopic (exact) mass is 351 g/mol. The number of hydrogen-bond acceptors (Lipinski definition) is 6. The highest BCUT2D eigenvalue weighted by atomic mass is 32.2. The first-order valence-electron chi connectivity index (χ1n) is 7.49. The fourth-order valence-electron chi connectivity index (χ4n) is 2.68. The Balaban J connectivity index is 1.88. The van der Waals surface area contributed by atoms with Crippen LogP contribution in [0.3, 0.4) is 0 Å². The number of thioether (sulfide) groups is 2. The number of esters is 1. The minimum absolute atomic E-state index is 0.0491. The molecule has 0 radical (unpaired) electrons. The van der Waals surface area contributed by atoms with Crippen LogP contribution in [0.2, 0.25) is 0 Å². The van der Waals surface area contributed by atoms with Crippen LogP contribution in [0, 0.1) is 0 Å². The Morgan fingerprint density at radius 3 is 2.26 bits per heavy atom. The van der Waals surface area contributed by atoms with Crippen LogP contribution < -0.4 is 0 Å². The van der Waals surface area contributed by atoms with Crippen molar-refractivity contribution in [3.05, 3.63) is 35.4 Å². The molecule has 1 fully saturated rings. The lowest BCUT2D eigenvalue weighted by Crippen LogP contribution is -2.48. The quantitative estimate of drug-likeness (QED) is 0.613. The highest BCUT2D eigenvalue weighted by Crippen LogP contribution is 2.44. The van der Waals surface area contributed by atoms with Gasteiger partial charge in [-0.2, -0.15) is 0 Å². The number of amides is 2. The summed E-state index contributed by atoms with van der Waals surface area (Å²) in [5, 5.41) is 0. The summed E-state index contributed by atoms with van der Waals surface area (Å²) in [6, 6.07) is 6.76. The van der Waals surface area contributed by atoms with E-state index < -0.39 is 4.08 Å². The molecule has 1 saturated heterocycles. The molecule has 7 heteroatoms. The van der Waals surface area contributed by atoms with Crippen molar-refractivity contribution in [1.82, 2.24) is 4.90 Å². The Labute approximate surface area is 143 Å². The molecule has 23 heavy (non-hydrogen) atoms. The lowest BCUT2D eigenvalue weighted by atomic mass is 10.1. The topological polar surface area (TPSA) is 63.7 Å². The van der Waals surface area contributed by atoms with Crippen molar-refractivity contribution in [1.29, 1.82) is 0 Å². The molecule has 0 N–H and O–H groups in total. The summed E-state index contributed by atoms with van der Waals surface area (Å²) in [6.45, 7) is 2.09. The smallest absolute Gasteiger partial charge is 0.334 e. The Hall–Kier alpha value is -1.47. The van der Waals surface area contributed by atoms with Crippen LogP contribution in [-0.2, 0) is 9.53 Å². The number of rotatable bonds is 4. The summed E-state index contributed by atoms with van der Waals surface area (Å²) in [4.78, 5) is 38.7. The van der Waals surface area contributed by atoms with Crippen molar-refractivity contribution in [2.45, 2.75) is 17.4 Å². The molecule has 0 aliphatic carbocycles. The summed E-state index contributed by atoms with van der Waals surface area (Å²) >= 11 is 2.94. The average Bonchev–Trinajstić information content (AvgIpc) is 2.81. The third-order valence-corrected chi connectivity index (χ3v) is 7.01. The van der Waals surface area contributed by atoms with Crippen molar-refractivity contribution in [2.75, 3.05) is 24.7 Å². The van der Waals surface area contributed by atoms with Crippen LogP contribution in [0.5, 0.6) is 0 Å². The van der Waals surface area contributed by atoms with E-state index in [0.29, 0.717) is 11.1 Å². The Morgan fingerprint density at radius 1 is 1.17 bits per heavy atom. The van der Waals surface area contributed by atoms with Gasteiger partial charge in [-0.25, -0.2) is 4.79 Å². The highest BCUT2D eigenvalue weighted by molar-refractivity contribution is 8.19. The third kappa shape index (κ3) is 2.87. The first-order valence-corrected chi connectivity index (χ1v) is 9.46. The molecular formula is C16H17NO4S2. The average molecular weight is 351 g/mol. The van der Waals surface area contributed by atoms with Gasteiger partial charge in [0, 0.05) is 0 Å². The Kier molecular flexibility index (Phi) is 4.68. The zero-order valence-corrected chi connectivity index (χ0v) is 14.4. The van der Waals surface area contributed by atoms with Crippen molar-refractivity contribution in [2.24, 2.45) is 0 Å². The van der Waals surface area contributed by atoms with Gasteiger partial charge in [0.15, 0.2) is 4.08 Å². The molecule has 1 aromatic carbocycles. The second-order valence-corrected chi connectivity index (χ2v) is 8.31. The van der Waals surface area contributed by atoms with E-state index in [1.807, 2.05) is 0 Å². The van der Waals surface area contributed by atoms with Gasteiger partial charge in [-0.05, 0) is 37.0 Å². The molecule has 5 nitrogen and oxygen atoms in total. The van der Waals surface area contributed by atoms with Gasteiger partial charge in [0.1, 0.15) is 0 Å². The maximum Gasteiger partial charge on any atom is 0.334 e. The standard InChI is InChI=1S/C16H17NO4S2/c1-2-21-15(20)16(22-8-5-9-23-16)10-17-13(18)11-6-3-4-7-12(11)14(17)19/h3-4,6-7H,2,5,8-10H2,1H3. The van der Waals surface area contributed by atoms with Gasteiger partial charge in [-0.1, -0.05) is 12.1 Å². The summed E-state index contributed by atoms with van der Waals surface area (Å²) in [5.74, 6) is 0.609. The van der Waals surface area contributed by atoms with E-state index in [4.69, 9.17) is 4.74 Å². The fourth-order valence-corrected chi connectivity index (χ4v) is 5.73. The molecule has 2 aliphatic rings. The first-order chi connectivity index (χ1) is 11.1. The van der Waals surface area contributed by atoms with Gasteiger partial charge < -0.3 is 4.74 Å². The van der Waals surface area contributed by atoms with Crippen molar-refractivity contribution in [3.63, 3.8) is 0 Å². The van der Waals surface area contributed by atoms with E-state index >= 15 is 0 Å². The molecule has 2 aliphatic heterocycles. The van der Waals surface area contributed by atoms with E-state index in [-0.39, 0.29) is 30.9 Å². The summed E-state index contributed by atoms with van der Waals surface area (Å²) in [6.07, 6.45) is 0.999. The fraction of sp³-hybridized carbons (Fsp3) is 0.438. The van der Waals surface area contributed by atoms with Gasteiger partial charge in [0.05, 0.1) is 24.3 Å². The molecule has 0 atom stereocenters. The normalized spacial score (nSPS) is 19.6. The zero-order chi connectivity index (χ0) is 16.4. The zero-order valence-electron chi connectivity index (χ0n) is 12.7. The van der Waals surface area contributed by atoms with Crippen LogP contribution >= 0.6 is 23.5 Å². The second-order valence-electron chi connectivity index (χ2n) is 5.27. The van der Waals surface area contributed by atoms with Gasteiger partial charge in [0.25, 0.3) is 11.8 Å². The molecule has 3 rings (SSSR count). The van der Waals surface area contributed by atoms with E-state index in [9.17, 15) is 14.4 Å². The van der Waals surface area contributed by atoms with E-state index in [0.717, 1.165) is 17.9 Å². The minimum Gasteiger partial charge on any atom is -0.464 e. The molecule has 0 unspecified atom stereocenters. The maximum absolute atomic E-state index is 12.5. The molecule has 0 aromatic heterocycles. The number of ether oxygens (including phenoxy) is 1. The van der Waals surface area contributed by atoms with Crippen LogP contribution in [0.15, 0.2) is 24.3 Å². The second kappa shape index (κ2) is 6.57. The van der Waals surface area contributed by atoms with E-state index in [1.54, 1.807) is 31.2 Å². The third-order valence-electron chi connectivity index (χ3n) is 3.79. The number of fused-ring (bicyclic) bond motifs is 1. The summed E-state index contributed by atoms with van der Waals surface area (Å²) in [5.41, 5.74) is 0.810. The number of imide groups is 1. The summed E-state index contributed by atoms with van der Waals surface area (Å²) < 4.78 is 4.30. The molecular weight excluding hydrogens is 334 g/mol. The van der Waals surface area contributed by atoms with Crippen molar-refractivity contribution in [3.8, 4) is 0 Å². The van der Waals surface area contributed by atoms with Gasteiger partial charge in [-0.15, -0.1) is 23.5 Å². The molecule has 0 spiro atoms. The number of carbonyl (C=O) groups is 3. The number of nitrogens with zero attached hydrogens (tertiary/aromatic N) is 1. The van der Waals surface area contributed by atoms with E-state index in [2.05, 4.69) is 0 Å². The van der Waals surface area contributed by atoms with Crippen LogP contribution in [0.4, 0.5) is 0 Å². The number of hydrogen-bond donors (Lipinski definition) is 0. The Morgan fingerprint density at radius 2 is 1.74 bits per heavy atom. The lowest BCUT2D eigenvalue weighted by Gasteiger charge is -2.35. The largest absolute Gasteiger partial charge is 0.464 e. The van der Waals surface area contributed by atoms with Crippen LogP contribution in [0.1, 0.15) is 34.1 Å². The number of carbonyl (C=O) groups excluding carboxylic acids is 3. The molecule has 122 valence electrons.